The minimum atomic E-state index is 0.278. The Labute approximate surface area is 182 Å². The Morgan fingerprint density at radius 3 is 2.43 bits per heavy atom. The maximum Gasteiger partial charge on any atom is 0.222 e. The van der Waals surface area contributed by atoms with Crippen molar-refractivity contribution in [3.05, 3.63) is 29.8 Å². The molecule has 0 aromatic heterocycles. The summed E-state index contributed by atoms with van der Waals surface area (Å²) in [5, 5.41) is 0. The molecule has 4 fully saturated rings. The number of carbonyl (C=O) groups is 1. The van der Waals surface area contributed by atoms with Gasteiger partial charge in [-0.25, -0.2) is 0 Å². The third-order valence-electron chi connectivity index (χ3n) is 10.1. The van der Waals surface area contributed by atoms with Gasteiger partial charge in [0.1, 0.15) is 11.9 Å². The van der Waals surface area contributed by atoms with Crippen molar-refractivity contribution < 1.29 is 9.53 Å². The third-order valence-corrected chi connectivity index (χ3v) is 10.1. The highest BCUT2D eigenvalue weighted by atomic mass is 16.5. The molecular formula is C27H39NO2. The molecule has 1 aromatic rings. The lowest BCUT2D eigenvalue weighted by Crippen LogP contribution is -2.63. The van der Waals surface area contributed by atoms with Crippen LogP contribution in [-0.4, -0.2) is 30.0 Å². The highest BCUT2D eigenvalue weighted by molar-refractivity contribution is 5.77. The second kappa shape index (κ2) is 7.00. The molecule has 3 nitrogen and oxygen atoms in total. The van der Waals surface area contributed by atoms with Gasteiger partial charge >= 0.3 is 0 Å². The monoisotopic (exact) mass is 409 g/mol. The Morgan fingerprint density at radius 1 is 1.00 bits per heavy atom. The molecule has 3 saturated carbocycles. The number of piperidine rings is 1. The zero-order chi connectivity index (χ0) is 21.3. The molecule has 5 rings (SSSR count). The van der Waals surface area contributed by atoms with Crippen LogP contribution in [0.15, 0.2) is 24.3 Å². The summed E-state index contributed by atoms with van der Waals surface area (Å²) in [6.07, 6.45) is 8.38. The average Bonchev–Trinajstić information content (AvgIpc) is 3.05. The molecule has 1 aliphatic heterocycles. The van der Waals surface area contributed by atoms with E-state index in [2.05, 4.69) is 63.9 Å². The van der Waals surface area contributed by atoms with E-state index in [1.807, 2.05) is 0 Å². The van der Waals surface area contributed by atoms with Crippen LogP contribution in [0.1, 0.15) is 71.3 Å². The topological polar surface area (TPSA) is 29.5 Å². The second-order valence-electron chi connectivity index (χ2n) is 11.6. The summed E-state index contributed by atoms with van der Waals surface area (Å²) in [5.41, 5.74) is 1.85. The predicted molar refractivity (Wildman–Crippen MR) is 120 cm³/mol. The lowest BCUT2D eigenvalue weighted by Gasteiger charge is -2.63. The maximum absolute atomic E-state index is 12.4. The first kappa shape index (κ1) is 20.4. The van der Waals surface area contributed by atoms with E-state index in [0.717, 1.165) is 36.3 Å². The number of carbonyl (C=O) groups excluding carboxylic acids is 1. The van der Waals surface area contributed by atoms with Gasteiger partial charge < -0.3 is 9.64 Å². The molecule has 1 aromatic carbocycles. The van der Waals surface area contributed by atoms with E-state index in [-0.39, 0.29) is 10.8 Å². The SMILES string of the molecule is Cc1ccc(OC2CC[C@H]3[C@@H]4C(C)CC5N(C)C(=O)CC[C@]5(C)[C@@H]4CC[C@]23C)cc1. The minimum Gasteiger partial charge on any atom is -0.490 e. The quantitative estimate of drug-likeness (QED) is 0.613. The highest BCUT2D eigenvalue weighted by Gasteiger charge is 2.63. The van der Waals surface area contributed by atoms with Crippen molar-refractivity contribution in [2.45, 2.75) is 84.8 Å². The molecule has 1 amide bonds. The Morgan fingerprint density at radius 2 is 1.70 bits per heavy atom. The molecule has 0 spiro atoms. The molecule has 1 saturated heterocycles. The number of hydrogen-bond acceptors (Lipinski definition) is 2. The number of amides is 1. The first-order valence-corrected chi connectivity index (χ1v) is 12.2. The number of ether oxygens (including phenoxy) is 1. The van der Waals surface area contributed by atoms with E-state index >= 15 is 0 Å². The zero-order valence-corrected chi connectivity index (χ0v) is 19.5. The Bertz CT molecular complexity index is 819. The van der Waals surface area contributed by atoms with Crippen molar-refractivity contribution in [2.75, 3.05) is 7.05 Å². The number of fused-ring (bicyclic) bond motifs is 5. The van der Waals surface area contributed by atoms with Gasteiger partial charge in [0.2, 0.25) is 5.91 Å². The van der Waals surface area contributed by atoms with E-state index < -0.39 is 0 Å². The summed E-state index contributed by atoms with van der Waals surface area (Å²) >= 11 is 0. The molecule has 3 aliphatic carbocycles. The molecule has 3 unspecified atom stereocenters. The highest BCUT2D eigenvalue weighted by Crippen LogP contribution is 2.66. The largest absolute Gasteiger partial charge is 0.490 e. The number of aryl methyl sites for hydroxylation is 1. The predicted octanol–water partition coefficient (Wildman–Crippen LogP) is 5.85. The molecule has 8 atom stereocenters. The van der Waals surface area contributed by atoms with Crippen LogP contribution in [0.5, 0.6) is 5.75 Å². The van der Waals surface area contributed by atoms with E-state index in [1.165, 1.54) is 37.7 Å². The lowest BCUT2D eigenvalue weighted by molar-refractivity contribution is -0.168. The molecule has 0 N–H and O–H groups in total. The molecule has 4 aliphatic rings. The van der Waals surface area contributed by atoms with Crippen LogP contribution in [0.25, 0.3) is 0 Å². The summed E-state index contributed by atoms with van der Waals surface area (Å²) in [5.74, 6) is 4.35. The van der Waals surface area contributed by atoms with Gasteiger partial charge in [0.15, 0.2) is 0 Å². The van der Waals surface area contributed by atoms with Gasteiger partial charge in [0.05, 0.1) is 0 Å². The van der Waals surface area contributed by atoms with Crippen molar-refractivity contribution in [1.82, 2.24) is 4.90 Å². The molecule has 164 valence electrons. The maximum atomic E-state index is 12.4. The van der Waals surface area contributed by atoms with E-state index in [1.54, 1.807) is 0 Å². The number of rotatable bonds is 2. The Balaban J connectivity index is 1.41. The summed E-state index contributed by atoms with van der Waals surface area (Å²) < 4.78 is 6.63. The molecule has 0 bridgehead atoms. The first-order valence-electron chi connectivity index (χ1n) is 12.2. The lowest BCUT2D eigenvalue weighted by atomic mass is 9.45. The Hall–Kier alpha value is -1.51. The summed E-state index contributed by atoms with van der Waals surface area (Å²) in [6.45, 7) is 9.65. The van der Waals surface area contributed by atoms with Crippen molar-refractivity contribution in [3.8, 4) is 5.75 Å². The van der Waals surface area contributed by atoms with Gasteiger partial charge in [0.25, 0.3) is 0 Å². The Kier molecular flexibility index (Phi) is 4.76. The van der Waals surface area contributed by atoms with Crippen molar-refractivity contribution in [2.24, 2.45) is 34.5 Å². The fourth-order valence-corrected chi connectivity index (χ4v) is 8.39. The summed E-state index contributed by atoms with van der Waals surface area (Å²) in [7, 11) is 2.06. The third kappa shape index (κ3) is 2.87. The number of benzene rings is 1. The summed E-state index contributed by atoms with van der Waals surface area (Å²) in [4.78, 5) is 14.6. The number of hydrogen-bond donors (Lipinski definition) is 0. The smallest absolute Gasteiger partial charge is 0.222 e. The summed E-state index contributed by atoms with van der Waals surface area (Å²) in [6, 6.07) is 9.03. The van der Waals surface area contributed by atoms with E-state index in [9.17, 15) is 4.79 Å². The van der Waals surface area contributed by atoms with Crippen LogP contribution < -0.4 is 4.74 Å². The van der Waals surface area contributed by atoms with E-state index in [0.29, 0.717) is 24.0 Å². The molecule has 0 radical (unpaired) electrons. The molecular weight excluding hydrogens is 370 g/mol. The fourth-order valence-electron chi connectivity index (χ4n) is 8.39. The second-order valence-corrected chi connectivity index (χ2v) is 11.6. The first-order chi connectivity index (χ1) is 14.2. The van der Waals surface area contributed by atoms with Gasteiger partial charge in [-0.2, -0.15) is 0 Å². The van der Waals surface area contributed by atoms with Gasteiger partial charge in [0, 0.05) is 24.9 Å². The molecule has 1 heterocycles. The van der Waals surface area contributed by atoms with Crippen molar-refractivity contribution >= 4 is 5.91 Å². The fraction of sp³-hybridized carbons (Fsp3) is 0.741. The standard InChI is InChI=1S/C27H39NO2/c1-17-6-8-19(9-7-17)30-23-11-10-20-25-18(2)16-22-26(3,15-13-24(29)28(22)5)21(25)12-14-27(20,23)4/h6-9,18,20-23,25H,10-16H2,1-5H3/t18?,20-,21+,22?,23?,25-,26+,27-/m0/s1. The van der Waals surface area contributed by atoms with Crippen LogP contribution in [0.4, 0.5) is 0 Å². The average molecular weight is 410 g/mol. The minimum absolute atomic E-state index is 0.278. The number of nitrogens with zero attached hydrogens (tertiary/aromatic N) is 1. The molecule has 30 heavy (non-hydrogen) atoms. The van der Waals surface area contributed by atoms with Crippen LogP contribution in [0.2, 0.25) is 0 Å². The zero-order valence-electron chi connectivity index (χ0n) is 19.5. The van der Waals surface area contributed by atoms with Crippen LogP contribution in [0, 0.1) is 41.4 Å². The van der Waals surface area contributed by atoms with Gasteiger partial charge in [-0.15, -0.1) is 0 Å². The normalized spacial score (nSPS) is 45.5. The van der Waals surface area contributed by atoms with Crippen LogP contribution in [-0.2, 0) is 4.79 Å². The molecule has 3 heteroatoms. The van der Waals surface area contributed by atoms with Crippen molar-refractivity contribution in [1.29, 1.82) is 0 Å². The van der Waals surface area contributed by atoms with E-state index in [4.69, 9.17) is 4.74 Å². The van der Waals surface area contributed by atoms with Crippen LogP contribution >= 0.6 is 0 Å². The van der Waals surface area contributed by atoms with Gasteiger partial charge in [-0.05, 0) is 86.7 Å². The van der Waals surface area contributed by atoms with Gasteiger partial charge in [-0.1, -0.05) is 38.5 Å². The number of likely N-dealkylation sites (tertiary alicyclic amines) is 1. The van der Waals surface area contributed by atoms with Gasteiger partial charge in [-0.3, -0.25) is 4.79 Å². The van der Waals surface area contributed by atoms with Crippen molar-refractivity contribution in [3.63, 3.8) is 0 Å². The van der Waals surface area contributed by atoms with Crippen LogP contribution in [0.3, 0.4) is 0 Å².